The fourth-order valence-corrected chi connectivity index (χ4v) is 2.14. The Morgan fingerprint density at radius 1 is 1.19 bits per heavy atom. The summed E-state index contributed by atoms with van der Waals surface area (Å²) in [6.45, 7) is 3.87. The minimum absolute atomic E-state index is 0.213. The maximum Gasteiger partial charge on any atom is 0.573 e. The molecule has 1 aromatic carbocycles. The molecule has 0 spiro atoms. The Bertz CT molecular complexity index is 849. The summed E-state index contributed by atoms with van der Waals surface area (Å²) in [5.41, 5.74) is -1.40. The van der Waals surface area contributed by atoms with Crippen LogP contribution in [0.3, 0.4) is 0 Å². The number of carbonyl (C=O) groups excluding carboxylic acids is 1. The molecule has 27 heavy (non-hydrogen) atoms. The van der Waals surface area contributed by atoms with Gasteiger partial charge in [-0.1, -0.05) is 5.92 Å². The van der Waals surface area contributed by atoms with Crippen LogP contribution in [0.25, 0.3) is 0 Å². The first-order valence-electron chi connectivity index (χ1n) is 7.37. The molecule has 0 unspecified atom stereocenters. The van der Waals surface area contributed by atoms with E-state index in [0.29, 0.717) is 0 Å². The van der Waals surface area contributed by atoms with Gasteiger partial charge in [-0.25, -0.2) is 4.79 Å². The Morgan fingerprint density at radius 3 is 2.33 bits per heavy atom. The summed E-state index contributed by atoms with van der Waals surface area (Å²) in [5, 5.41) is 0. The summed E-state index contributed by atoms with van der Waals surface area (Å²) in [6, 6.07) is 2.80. The Hall–Kier alpha value is -2.45. The molecule has 0 aliphatic rings. The van der Waals surface area contributed by atoms with Gasteiger partial charge in [0.05, 0.1) is 5.56 Å². The maximum absolute atomic E-state index is 12.6. The molecular weight excluding hydrogens is 393 g/mol. The molecule has 0 aromatic heterocycles. The number of halogens is 3. The van der Waals surface area contributed by atoms with E-state index in [9.17, 15) is 26.4 Å². The Morgan fingerprint density at radius 2 is 1.81 bits per heavy atom. The van der Waals surface area contributed by atoms with Gasteiger partial charge in [0.2, 0.25) is 0 Å². The van der Waals surface area contributed by atoms with Crippen LogP contribution in [0.5, 0.6) is 11.5 Å². The zero-order valence-electron chi connectivity index (χ0n) is 14.6. The van der Waals surface area contributed by atoms with Crippen LogP contribution in [-0.4, -0.2) is 43.3 Å². The van der Waals surface area contributed by atoms with Gasteiger partial charge in [-0.05, 0) is 39.0 Å². The summed E-state index contributed by atoms with van der Waals surface area (Å²) < 4.78 is 81.5. The molecule has 1 aromatic rings. The largest absolute Gasteiger partial charge is 0.573 e. The first-order valence-corrected chi connectivity index (χ1v) is 8.98. The maximum atomic E-state index is 12.6. The third-order valence-electron chi connectivity index (χ3n) is 2.77. The highest BCUT2D eigenvalue weighted by molar-refractivity contribution is 7.85. The van der Waals surface area contributed by atoms with Crippen molar-refractivity contribution in [2.24, 2.45) is 0 Å². The van der Waals surface area contributed by atoms with Gasteiger partial charge >= 0.3 is 12.3 Å². The van der Waals surface area contributed by atoms with Crippen LogP contribution in [0.1, 0.15) is 31.1 Å². The Labute approximate surface area is 154 Å². The number of esters is 1. The number of hydrogen-bond acceptors (Lipinski definition) is 6. The van der Waals surface area contributed by atoms with Crippen LogP contribution in [0, 0.1) is 11.8 Å². The average Bonchev–Trinajstić information content (AvgIpc) is 2.45. The van der Waals surface area contributed by atoms with Gasteiger partial charge in [0.15, 0.2) is 17.1 Å². The van der Waals surface area contributed by atoms with Crippen molar-refractivity contribution in [1.29, 1.82) is 0 Å². The van der Waals surface area contributed by atoms with Crippen molar-refractivity contribution in [1.82, 2.24) is 0 Å². The van der Waals surface area contributed by atoms with Gasteiger partial charge in [-0.15, -0.1) is 19.1 Å². The lowest BCUT2D eigenvalue weighted by Gasteiger charge is -2.23. The lowest BCUT2D eigenvalue weighted by atomic mass is 10.1. The monoisotopic (exact) mass is 410 g/mol. The number of rotatable bonds is 7. The third kappa shape index (κ3) is 8.65. The lowest BCUT2D eigenvalue weighted by molar-refractivity contribution is -0.275. The second kappa shape index (κ2) is 8.49. The summed E-state index contributed by atoms with van der Waals surface area (Å²) in [7, 11) is -4.33. The van der Waals surface area contributed by atoms with Gasteiger partial charge in [-0.2, -0.15) is 8.42 Å². The SMILES string of the molecule is CC#CC(C)(C)Oc1cc(C(=O)OCCS(=O)(=O)O)ccc1OC(F)(F)F. The van der Waals surface area contributed by atoms with Gasteiger partial charge in [0, 0.05) is 0 Å². The zero-order valence-corrected chi connectivity index (χ0v) is 15.4. The lowest BCUT2D eigenvalue weighted by Crippen LogP contribution is -2.27. The van der Waals surface area contributed by atoms with E-state index in [0.717, 1.165) is 18.2 Å². The van der Waals surface area contributed by atoms with Crippen molar-refractivity contribution in [2.75, 3.05) is 12.4 Å². The molecule has 0 aliphatic carbocycles. The molecule has 7 nitrogen and oxygen atoms in total. The van der Waals surface area contributed by atoms with Gasteiger partial charge in [0.25, 0.3) is 10.1 Å². The van der Waals surface area contributed by atoms with Crippen molar-refractivity contribution in [2.45, 2.75) is 32.7 Å². The number of benzene rings is 1. The van der Waals surface area contributed by atoms with Crippen LogP contribution < -0.4 is 9.47 Å². The Balaban J connectivity index is 3.12. The molecule has 0 aliphatic heterocycles. The van der Waals surface area contributed by atoms with Gasteiger partial charge in [-0.3, -0.25) is 4.55 Å². The number of ether oxygens (including phenoxy) is 3. The smallest absolute Gasteiger partial charge is 0.471 e. The minimum atomic E-state index is -4.99. The van der Waals surface area contributed by atoms with Crippen LogP contribution >= 0.6 is 0 Å². The van der Waals surface area contributed by atoms with Crippen LogP contribution in [0.15, 0.2) is 18.2 Å². The second-order valence-electron chi connectivity index (χ2n) is 5.62. The number of hydrogen-bond donors (Lipinski definition) is 1. The molecule has 0 atom stereocenters. The topological polar surface area (TPSA) is 99.1 Å². The zero-order chi connectivity index (χ0) is 20.9. The van der Waals surface area contributed by atoms with E-state index in [-0.39, 0.29) is 5.56 Å². The van der Waals surface area contributed by atoms with Crippen molar-refractivity contribution in [3.63, 3.8) is 0 Å². The number of alkyl halides is 3. The highest BCUT2D eigenvalue weighted by atomic mass is 32.2. The van der Waals surface area contributed by atoms with Crippen LogP contribution in [0.4, 0.5) is 13.2 Å². The molecule has 1 rings (SSSR count). The predicted octanol–water partition coefficient (Wildman–Crippen LogP) is 2.81. The molecule has 11 heteroatoms. The van der Waals surface area contributed by atoms with Crippen molar-refractivity contribution >= 4 is 16.1 Å². The summed E-state index contributed by atoms with van der Waals surface area (Å²) in [6.07, 6.45) is -4.99. The Kier molecular flexibility index (Phi) is 7.11. The van der Waals surface area contributed by atoms with E-state index in [4.69, 9.17) is 9.29 Å². The van der Waals surface area contributed by atoms with E-state index in [1.165, 1.54) is 20.8 Å². The third-order valence-corrected chi connectivity index (χ3v) is 3.45. The van der Waals surface area contributed by atoms with Crippen molar-refractivity contribution in [3.8, 4) is 23.3 Å². The fourth-order valence-electron chi connectivity index (χ4n) is 1.85. The number of carbonyl (C=O) groups is 1. The molecule has 0 amide bonds. The van der Waals surface area contributed by atoms with E-state index >= 15 is 0 Å². The molecule has 0 saturated heterocycles. The quantitative estimate of drug-likeness (QED) is 0.419. The van der Waals surface area contributed by atoms with Crippen molar-refractivity contribution < 1.29 is 45.1 Å². The molecule has 0 fully saturated rings. The first kappa shape index (κ1) is 22.6. The summed E-state index contributed by atoms with van der Waals surface area (Å²) in [5.74, 6) is 2.25. The molecular formula is C16H17F3O7S. The van der Waals surface area contributed by atoms with Crippen LogP contribution in [0.2, 0.25) is 0 Å². The normalized spacial score (nSPS) is 12.0. The van der Waals surface area contributed by atoms with E-state index in [1.54, 1.807) is 0 Å². The highest BCUT2D eigenvalue weighted by Crippen LogP contribution is 2.35. The highest BCUT2D eigenvalue weighted by Gasteiger charge is 2.33. The molecule has 150 valence electrons. The standard InChI is InChI=1S/C16H17F3O7S/c1-4-7-15(2,3)25-13-10-11(5-6-12(13)26-16(17,18)19)14(20)24-8-9-27(21,22)23/h5-6,10H,8-9H2,1-3H3,(H,21,22,23). The molecule has 0 heterocycles. The minimum Gasteiger partial charge on any atom is -0.471 e. The average molecular weight is 410 g/mol. The van der Waals surface area contributed by atoms with Crippen LogP contribution in [-0.2, 0) is 14.9 Å². The summed E-state index contributed by atoms with van der Waals surface area (Å²) in [4.78, 5) is 11.9. The van der Waals surface area contributed by atoms with Crippen molar-refractivity contribution in [3.05, 3.63) is 23.8 Å². The molecule has 0 radical (unpaired) electrons. The van der Waals surface area contributed by atoms with Gasteiger partial charge in [0.1, 0.15) is 12.4 Å². The molecule has 1 N–H and O–H groups in total. The summed E-state index contributed by atoms with van der Waals surface area (Å²) >= 11 is 0. The van der Waals surface area contributed by atoms with Gasteiger partial charge < -0.3 is 14.2 Å². The van der Waals surface area contributed by atoms with E-state index in [1.807, 2.05) is 0 Å². The molecule has 0 bridgehead atoms. The predicted molar refractivity (Wildman–Crippen MR) is 88.0 cm³/mol. The second-order valence-corrected chi connectivity index (χ2v) is 7.19. The van der Waals surface area contributed by atoms with E-state index < -0.39 is 51.9 Å². The first-order chi connectivity index (χ1) is 12.2. The van der Waals surface area contributed by atoms with E-state index in [2.05, 4.69) is 21.3 Å². The fraction of sp³-hybridized carbons (Fsp3) is 0.438. The molecule has 0 saturated carbocycles.